The monoisotopic (exact) mass is 312 g/mol. The molecule has 0 amide bonds. The highest BCUT2D eigenvalue weighted by atomic mass is 35.5. The van der Waals surface area contributed by atoms with Gasteiger partial charge in [0.25, 0.3) is 0 Å². The SMILES string of the molecule is COc1ccc(CN(C)CC2CCCCN2)c(Cl)c1OC. The number of piperidine rings is 1. The van der Waals surface area contributed by atoms with Gasteiger partial charge in [-0.3, -0.25) is 0 Å². The van der Waals surface area contributed by atoms with E-state index in [9.17, 15) is 0 Å². The summed E-state index contributed by atoms with van der Waals surface area (Å²) in [5.41, 5.74) is 1.06. The predicted molar refractivity (Wildman–Crippen MR) is 86.5 cm³/mol. The van der Waals surface area contributed by atoms with Crippen LogP contribution in [0.15, 0.2) is 12.1 Å². The Kier molecular flexibility index (Phi) is 6.15. The Morgan fingerprint density at radius 1 is 1.29 bits per heavy atom. The second-order valence-electron chi connectivity index (χ2n) is 5.62. The zero-order valence-electron chi connectivity index (χ0n) is 13.1. The van der Waals surface area contributed by atoms with Gasteiger partial charge in [-0.15, -0.1) is 0 Å². The molecule has 1 aromatic carbocycles. The van der Waals surface area contributed by atoms with Gasteiger partial charge in [-0.1, -0.05) is 24.1 Å². The van der Waals surface area contributed by atoms with Crippen LogP contribution in [0.2, 0.25) is 5.02 Å². The number of benzene rings is 1. The summed E-state index contributed by atoms with van der Waals surface area (Å²) in [6.45, 7) is 2.97. The Morgan fingerprint density at radius 2 is 2.10 bits per heavy atom. The highest BCUT2D eigenvalue weighted by Gasteiger charge is 2.17. The molecule has 118 valence electrons. The largest absolute Gasteiger partial charge is 0.493 e. The summed E-state index contributed by atoms with van der Waals surface area (Å²) in [6.07, 6.45) is 3.87. The normalized spacial score (nSPS) is 18.8. The molecule has 0 bridgehead atoms. The van der Waals surface area contributed by atoms with E-state index in [0.717, 1.165) is 25.2 Å². The smallest absolute Gasteiger partial charge is 0.179 e. The van der Waals surface area contributed by atoms with Crippen LogP contribution in [0.4, 0.5) is 0 Å². The van der Waals surface area contributed by atoms with Gasteiger partial charge in [-0.25, -0.2) is 0 Å². The molecule has 0 aliphatic carbocycles. The predicted octanol–water partition coefficient (Wildman–Crippen LogP) is 2.93. The molecule has 1 N–H and O–H groups in total. The minimum atomic E-state index is 0.586. The van der Waals surface area contributed by atoms with Crippen molar-refractivity contribution in [1.82, 2.24) is 10.2 Å². The summed E-state index contributed by atoms with van der Waals surface area (Å²) in [4.78, 5) is 2.30. The second kappa shape index (κ2) is 7.87. The van der Waals surface area contributed by atoms with Crippen molar-refractivity contribution in [3.8, 4) is 11.5 Å². The quantitative estimate of drug-likeness (QED) is 0.875. The van der Waals surface area contributed by atoms with E-state index in [2.05, 4.69) is 17.3 Å². The molecular formula is C16H25ClN2O2. The van der Waals surface area contributed by atoms with Gasteiger partial charge in [0, 0.05) is 19.1 Å². The third-order valence-corrected chi connectivity index (χ3v) is 4.36. The molecule has 1 atom stereocenters. The summed E-state index contributed by atoms with van der Waals surface area (Å²) < 4.78 is 10.6. The molecule has 5 heteroatoms. The van der Waals surface area contributed by atoms with Gasteiger partial charge in [0.2, 0.25) is 0 Å². The number of halogens is 1. The molecule has 1 aliphatic rings. The van der Waals surface area contributed by atoms with Gasteiger partial charge in [0.1, 0.15) is 0 Å². The first-order valence-corrected chi connectivity index (χ1v) is 7.84. The Hall–Kier alpha value is -0.970. The highest BCUT2D eigenvalue weighted by molar-refractivity contribution is 6.33. The van der Waals surface area contributed by atoms with Crippen molar-refractivity contribution in [3.05, 3.63) is 22.7 Å². The highest BCUT2D eigenvalue weighted by Crippen LogP contribution is 2.37. The molecule has 0 saturated carbocycles. The third-order valence-electron chi connectivity index (χ3n) is 3.95. The summed E-state index contributed by atoms with van der Waals surface area (Å²) >= 11 is 6.43. The zero-order valence-corrected chi connectivity index (χ0v) is 13.9. The molecule has 1 saturated heterocycles. The molecule has 1 aliphatic heterocycles. The molecule has 0 aromatic heterocycles. The van der Waals surface area contributed by atoms with Crippen LogP contribution in [-0.2, 0) is 6.54 Å². The lowest BCUT2D eigenvalue weighted by Gasteiger charge is -2.28. The van der Waals surface area contributed by atoms with Crippen molar-refractivity contribution in [3.63, 3.8) is 0 Å². The van der Waals surface area contributed by atoms with Crippen molar-refractivity contribution in [1.29, 1.82) is 0 Å². The van der Waals surface area contributed by atoms with E-state index >= 15 is 0 Å². The van der Waals surface area contributed by atoms with Gasteiger partial charge in [-0.2, -0.15) is 0 Å². The number of ether oxygens (including phenoxy) is 2. The lowest BCUT2D eigenvalue weighted by Crippen LogP contribution is -2.42. The number of nitrogens with zero attached hydrogens (tertiary/aromatic N) is 1. The maximum Gasteiger partial charge on any atom is 0.179 e. The fourth-order valence-electron chi connectivity index (χ4n) is 2.86. The van der Waals surface area contributed by atoms with Crippen LogP contribution >= 0.6 is 11.6 Å². The van der Waals surface area contributed by atoms with E-state index in [-0.39, 0.29) is 0 Å². The Balaban J connectivity index is 2.01. The first-order valence-electron chi connectivity index (χ1n) is 7.47. The maximum absolute atomic E-state index is 6.43. The van der Waals surface area contributed by atoms with Crippen LogP contribution in [0.1, 0.15) is 24.8 Å². The number of hydrogen-bond donors (Lipinski definition) is 1. The second-order valence-corrected chi connectivity index (χ2v) is 6.00. The van der Waals surface area contributed by atoms with Crippen LogP contribution in [0.5, 0.6) is 11.5 Å². The van der Waals surface area contributed by atoms with Crippen LogP contribution in [0, 0.1) is 0 Å². The van der Waals surface area contributed by atoms with Crippen molar-refractivity contribution >= 4 is 11.6 Å². The third kappa shape index (κ3) is 4.25. The van der Waals surface area contributed by atoms with Crippen molar-refractivity contribution in [2.75, 3.05) is 34.4 Å². The van der Waals surface area contributed by atoms with E-state index in [0.29, 0.717) is 22.6 Å². The Morgan fingerprint density at radius 3 is 2.71 bits per heavy atom. The average molecular weight is 313 g/mol. The van der Waals surface area contributed by atoms with Crippen molar-refractivity contribution in [2.24, 2.45) is 0 Å². The van der Waals surface area contributed by atoms with Gasteiger partial charge >= 0.3 is 0 Å². The molecule has 4 nitrogen and oxygen atoms in total. The van der Waals surface area contributed by atoms with Gasteiger partial charge in [0.15, 0.2) is 11.5 Å². The van der Waals surface area contributed by atoms with Crippen molar-refractivity contribution in [2.45, 2.75) is 31.8 Å². The number of rotatable bonds is 6. The summed E-state index contributed by atoms with van der Waals surface area (Å²) in [5.74, 6) is 1.28. The average Bonchev–Trinajstić information content (AvgIpc) is 2.50. The molecule has 1 fully saturated rings. The zero-order chi connectivity index (χ0) is 15.2. The van der Waals surface area contributed by atoms with E-state index in [1.54, 1.807) is 14.2 Å². The summed E-state index contributed by atoms with van der Waals surface area (Å²) in [7, 11) is 5.36. The van der Waals surface area contributed by atoms with Gasteiger partial charge < -0.3 is 19.7 Å². The minimum absolute atomic E-state index is 0.586. The molecular weight excluding hydrogens is 288 g/mol. The van der Waals surface area contributed by atoms with Crippen LogP contribution in [0.25, 0.3) is 0 Å². The topological polar surface area (TPSA) is 33.7 Å². The van der Waals surface area contributed by atoms with Crippen LogP contribution < -0.4 is 14.8 Å². The number of hydrogen-bond acceptors (Lipinski definition) is 4. The molecule has 1 aromatic rings. The Bertz CT molecular complexity index is 462. The lowest BCUT2D eigenvalue weighted by atomic mass is 10.0. The van der Waals surface area contributed by atoms with E-state index in [4.69, 9.17) is 21.1 Å². The molecule has 2 rings (SSSR count). The standard InChI is InChI=1S/C16H25ClN2O2/c1-19(11-13-6-4-5-9-18-13)10-12-7-8-14(20-2)16(21-3)15(12)17/h7-8,13,18H,4-6,9-11H2,1-3H3. The Labute approximate surface area is 132 Å². The van der Waals surface area contributed by atoms with Crippen LogP contribution in [-0.4, -0.2) is 45.3 Å². The fourth-order valence-corrected chi connectivity index (χ4v) is 3.16. The lowest BCUT2D eigenvalue weighted by molar-refractivity contribution is 0.256. The van der Waals surface area contributed by atoms with E-state index in [1.807, 2.05) is 12.1 Å². The molecule has 1 heterocycles. The minimum Gasteiger partial charge on any atom is -0.493 e. The fraction of sp³-hybridized carbons (Fsp3) is 0.625. The molecule has 0 spiro atoms. The van der Waals surface area contributed by atoms with Crippen LogP contribution in [0.3, 0.4) is 0 Å². The van der Waals surface area contributed by atoms with E-state index < -0.39 is 0 Å². The molecule has 21 heavy (non-hydrogen) atoms. The number of nitrogens with one attached hydrogen (secondary N) is 1. The maximum atomic E-state index is 6.43. The van der Waals surface area contributed by atoms with Gasteiger partial charge in [0.05, 0.1) is 19.2 Å². The first-order chi connectivity index (χ1) is 10.2. The summed E-state index contributed by atoms with van der Waals surface area (Å²) in [5, 5.41) is 4.21. The molecule has 1 unspecified atom stereocenters. The first kappa shape index (κ1) is 16.4. The summed E-state index contributed by atoms with van der Waals surface area (Å²) in [6, 6.07) is 4.50. The van der Waals surface area contributed by atoms with E-state index in [1.165, 1.54) is 19.3 Å². The van der Waals surface area contributed by atoms with Crippen molar-refractivity contribution < 1.29 is 9.47 Å². The number of likely N-dealkylation sites (N-methyl/N-ethyl adjacent to an activating group) is 1. The van der Waals surface area contributed by atoms with Gasteiger partial charge in [-0.05, 0) is 38.1 Å². The number of methoxy groups -OCH3 is 2. The molecule has 0 radical (unpaired) electrons.